The van der Waals surface area contributed by atoms with Gasteiger partial charge in [-0.25, -0.2) is 4.18 Å². The third-order valence-corrected chi connectivity index (χ3v) is 2.87. The molecule has 14 nitrogen and oxygen atoms in total. The van der Waals surface area contributed by atoms with Gasteiger partial charge in [0, 0.05) is 0 Å². The molecule has 0 aliphatic carbocycles. The molecule has 0 amide bonds. The largest absolute Gasteiger partial charge is 0.413 e. The molecule has 0 heterocycles. The fraction of sp³-hybridized carbons (Fsp3) is 0.833. The van der Waals surface area contributed by atoms with Crippen LogP contribution < -0.4 is 5.48 Å². The van der Waals surface area contributed by atoms with Crippen LogP contribution in [0, 0.1) is 0 Å². The smallest absolute Gasteiger partial charge is 0.393 e. The fourth-order valence-corrected chi connectivity index (χ4v) is 1.92. The van der Waals surface area contributed by atoms with Gasteiger partial charge in [0.05, 0.1) is 6.61 Å². The minimum atomic E-state index is -5.50. The van der Waals surface area contributed by atoms with E-state index in [2.05, 4.69) is 8.47 Å². The number of aldehydes is 1. The molecular formula is C6H13NO13S2. The Hall–Kier alpha value is -0.790. The molecule has 0 saturated carbocycles. The lowest BCUT2D eigenvalue weighted by Gasteiger charge is -2.35. The van der Waals surface area contributed by atoms with Gasteiger partial charge >= 0.3 is 20.8 Å². The van der Waals surface area contributed by atoms with Gasteiger partial charge in [-0.1, -0.05) is 0 Å². The van der Waals surface area contributed by atoms with Crippen molar-refractivity contribution < 1.29 is 59.6 Å². The zero-order valence-corrected chi connectivity index (χ0v) is 12.0. The number of aliphatic hydroxyl groups is 4. The number of carbonyl (C=O) groups is 1. The number of hydroxylamine groups is 1. The van der Waals surface area contributed by atoms with E-state index in [-0.39, 0.29) is 6.29 Å². The summed E-state index contributed by atoms with van der Waals surface area (Å²) in [5.41, 5.74) is 1.21. The molecular weight excluding hydrogens is 358 g/mol. The summed E-state index contributed by atoms with van der Waals surface area (Å²) in [5.74, 6) is -3.68. The van der Waals surface area contributed by atoms with E-state index >= 15 is 0 Å². The van der Waals surface area contributed by atoms with Crippen LogP contribution in [-0.4, -0.2) is 83.3 Å². The van der Waals surface area contributed by atoms with Crippen LogP contribution in [0.15, 0.2) is 0 Å². The van der Waals surface area contributed by atoms with Crippen molar-refractivity contribution in [3.8, 4) is 0 Å². The van der Waals surface area contributed by atoms with Gasteiger partial charge in [0.1, 0.15) is 24.5 Å². The molecule has 22 heavy (non-hydrogen) atoms. The molecule has 0 unspecified atom stereocenters. The van der Waals surface area contributed by atoms with Crippen molar-refractivity contribution in [2.45, 2.75) is 24.0 Å². The minimum absolute atomic E-state index is 0.335. The topological polar surface area (TPSA) is 237 Å². The highest BCUT2D eigenvalue weighted by atomic mass is 32.3. The van der Waals surface area contributed by atoms with E-state index in [9.17, 15) is 36.9 Å². The second kappa shape index (κ2) is 7.66. The third-order valence-electron chi connectivity index (χ3n) is 2.09. The molecule has 16 heteroatoms. The first-order chi connectivity index (χ1) is 9.77. The van der Waals surface area contributed by atoms with E-state index in [1.165, 1.54) is 5.48 Å². The van der Waals surface area contributed by atoms with Gasteiger partial charge in [-0.05, 0) is 0 Å². The Balaban J connectivity index is 5.48. The summed E-state index contributed by atoms with van der Waals surface area (Å²) in [7, 11) is -10.7. The van der Waals surface area contributed by atoms with Gasteiger partial charge in [-0.2, -0.15) is 26.6 Å². The molecule has 0 aromatic rings. The summed E-state index contributed by atoms with van der Waals surface area (Å²) in [4.78, 5) is 10.7. The van der Waals surface area contributed by atoms with Gasteiger partial charge in [0.2, 0.25) is 5.79 Å². The first-order valence-corrected chi connectivity index (χ1v) is 7.74. The Labute approximate surface area is 123 Å². The zero-order valence-electron chi connectivity index (χ0n) is 10.4. The van der Waals surface area contributed by atoms with Gasteiger partial charge < -0.3 is 25.2 Å². The molecule has 0 aliphatic heterocycles. The quantitative estimate of drug-likeness (QED) is 0.0824. The average molecular weight is 371 g/mol. The molecule has 0 aliphatic rings. The zero-order chi connectivity index (χ0) is 17.8. The Bertz CT molecular complexity index is 571. The number of hydrogen-bond acceptors (Lipinski definition) is 12. The van der Waals surface area contributed by atoms with E-state index < -0.39 is 51.4 Å². The monoisotopic (exact) mass is 371 g/mol. The van der Waals surface area contributed by atoms with Crippen molar-refractivity contribution in [2.75, 3.05) is 6.61 Å². The number of hydrogen-bond donors (Lipinski definition) is 7. The Morgan fingerprint density at radius 1 is 1.14 bits per heavy atom. The molecule has 0 radical (unpaired) electrons. The van der Waals surface area contributed by atoms with Gasteiger partial charge in [0.25, 0.3) is 0 Å². The van der Waals surface area contributed by atoms with Crippen molar-refractivity contribution in [1.82, 2.24) is 5.48 Å². The molecule has 0 spiro atoms. The van der Waals surface area contributed by atoms with Crippen LogP contribution in [0.4, 0.5) is 0 Å². The molecule has 0 fully saturated rings. The van der Waals surface area contributed by atoms with Gasteiger partial charge in [-0.15, -0.1) is 0 Å². The summed E-state index contributed by atoms with van der Waals surface area (Å²) in [6.45, 7) is -1.41. The summed E-state index contributed by atoms with van der Waals surface area (Å²) in [6, 6.07) is -2.30. The first-order valence-electron chi connectivity index (χ1n) is 5.01. The normalized spacial score (nSPS) is 19.9. The lowest BCUT2D eigenvalue weighted by molar-refractivity contribution is -0.269. The van der Waals surface area contributed by atoms with Crippen molar-refractivity contribution in [3.05, 3.63) is 0 Å². The second-order valence-electron chi connectivity index (χ2n) is 3.70. The Morgan fingerprint density at radius 2 is 1.64 bits per heavy atom. The highest BCUT2D eigenvalue weighted by molar-refractivity contribution is 7.81. The molecule has 0 saturated heterocycles. The molecule has 132 valence electrons. The van der Waals surface area contributed by atoms with Crippen LogP contribution in [-0.2, 0) is 34.1 Å². The van der Waals surface area contributed by atoms with E-state index in [0.717, 1.165) is 0 Å². The predicted molar refractivity (Wildman–Crippen MR) is 62.3 cm³/mol. The second-order valence-corrected chi connectivity index (χ2v) is 5.74. The summed E-state index contributed by atoms with van der Waals surface area (Å²) < 4.78 is 65.6. The van der Waals surface area contributed by atoms with Crippen LogP contribution in [0.3, 0.4) is 0 Å². The summed E-state index contributed by atoms with van der Waals surface area (Å²) in [6.07, 6.45) is -5.70. The maximum atomic E-state index is 10.7. The number of rotatable bonds is 10. The van der Waals surface area contributed by atoms with Crippen LogP contribution in [0.1, 0.15) is 0 Å². The summed E-state index contributed by atoms with van der Waals surface area (Å²) in [5, 5.41) is 37.3. The van der Waals surface area contributed by atoms with Crippen LogP contribution in [0.25, 0.3) is 0 Å². The van der Waals surface area contributed by atoms with E-state index in [1.807, 2.05) is 0 Å². The van der Waals surface area contributed by atoms with Gasteiger partial charge in [-0.3, -0.25) is 9.11 Å². The minimum Gasteiger partial charge on any atom is -0.393 e. The molecule has 0 bridgehead atoms. The average Bonchev–Trinajstić information content (AvgIpc) is 2.34. The fourth-order valence-electron chi connectivity index (χ4n) is 1.14. The number of carbonyl (C=O) groups excluding carboxylic acids is 1. The maximum Gasteiger partial charge on any atom is 0.413 e. The molecule has 0 aromatic heterocycles. The van der Waals surface area contributed by atoms with Gasteiger partial charge in [0.15, 0.2) is 0 Å². The third kappa shape index (κ3) is 6.54. The van der Waals surface area contributed by atoms with Crippen molar-refractivity contribution in [2.24, 2.45) is 0 Å². The highest BCUT2D eigenvalue weighted by Crippen LogP contribution is 2.22. The van der Waals surface area contributed by atoms with Crippen LogP contribution in [0.5, 0.6) is 0 Å². The van der Waals surface area contributed by atoms with E-state index in [1.54, 1.807) is 0 Å². The SMILES string of the molecule is O=C[C@H](NOS(=O)(=O)O)[C@@H](O)[C@](O)(OS(=O)(=O)O)[C@H](O)CO. The summed E-state index contributed by atoms with van der Waals surface area (Å²) >= 11 is 0. The van der Waals surface area contributed by atoms with Crippen LogP contribution in [0.2, 0.25) is 0 Å². The first kappa shape index (κ1) is 21.2. The van der Waals surface area contributed by atoms with E-state index in [4.69, 9.17) is 14.2 Å². The van der Waals surface area contributed by atoms with Crippen molar-refractivity contribution >= 4 is 27.1 Å². The molecule has 7 N–H and O–H groups in total. The molecule has 4 atom stereocenters. The van der Waals surface area contributed by atoms with Crippen molar-refractivity contribution in [1.29, 1.82) is 0 Å². The number of aliphatic hydroxyl groups excluding tert-OH is 3. The highest BCUT2D eigenvalue weighted by Gasteiger charge is 2.51. The number of nitrogens with one attached hydrogen (secondary N) is 1. The Kier molecular flexibility index (Phi) is 7.38. The van der Waals surface area contributed by atoms with Crippen molar-refractivity contribution in [3.63, 3.8) is 0 Å². The maximum absolute atomic E-state index is 10.7. The predicted octanol–water partition coefficient (Wildman–Crippen LogP) is -4.90. The van der Waals surface area contributed by atoms with Crippen LogP contribution >= 0.6 is 0 Å². The van der Waals surface area contributed by atoms with E-state index in [0.29, 0.717) is 0 Å². The lowest BCUT2D eigenvalue weighted by atomic mass is 9.98. The Morgan fingerprint density at radius 3 is 1.95 bits per heavy atom. The lowest BCUT2D eigenvalue weighted by Crippen LogP contribution is -2.63. The molecule has 0 rings (SSSR count). The molecule has 0 aromatic carbocycles. The standard InChI is InChI=1S/C6H13NO13S2/c8-1-3(7-20-22(16,17)18)5(11)6(12,4(10)2-9)19-21(13,14)15/h1,3-5,7,9-12H,2H2,(H,13,14,15)(H,16,17,18)/t3-,4+,5+,6+/m0/s1.